The van der Waals surface area contributed by atoms with Gasteiger partial charge in [-0.05, 0) is 68.1 Å². The summed E-state index contributed by atoms with van der Waals surface area (Å²) in [5.41, 5.74) is 4.46. The Bertz CT molecular complexity index is 1040. The van der Waals surface area contributed by atoms with Crippen LogP contribution in [-0.4, -0.2) is 49.9 Å². The normalized spacial score (nSPS) is 16.7. The number of benzene rings is 2. The zero-order chi connectivity index (χ0) is 22.5. The summed E-state index contributed by atoms with van der Waals surface area (Å²) in [5, 5.41) is 14.5. The minimum absolute atomic E-state index is 0.0261. The Morgan fingerprint density at radius 3 is 2.62 bits per heavy atom. The molecule has 166 valence electrons. The fourth-order valence-corrected chi connectivity index (χ4v) is 4.66. The molecule has 2 heterocycles. The summed E-state index contributed by atoms with van der Waals surface area (Å²) in [6.45, 7) is 3.40. The number of nitrogens with one attached hydrogen (secondary N) is 2. The van der Waals surface area contributed by atoms with Crippen LogP contribution in [0.5, 0.6) is 0 Å². The number of carbonyl (C=O) groups excluding carboxylic acids is 2. The van der Waals surface area contributed by atoms with Gasteiger partial charge in [-0.15, -0.1) is 0 Å². The molecule has 1 saturated heterocycles. The lowest BCUT2D eigenvalue weighted by Gasteiger charge is -2.31. The van der Waals surface area contributed by atoms with Crippen molar-refractivity contribution in [2.75, 3.05) is 43.4 Å². The summed E-state index contributed by atoms with van der Waals surface area (Å²) in [6, 6.07) is 15.3. The highest BCUT2D eigenvalue weighted by atomic mass is 16.2. The standard InChI is InChI=1S/C25H29N5O2/c1-29-12-6-8-18-15-19(10-11-22(18)29)23(30-13-4-5-14-30)17-27-24(31)25(32)28-21-9-3-2-7-20(21)16-26/h2-3,7,9-11,15,23H,4-6,8,12-14,17H2,1H3,(H,27,31)(H,28,32)/t23-/m1/s1. The largest absolute Gasteiger partial charge is 0.374 e. The molecule has 0 aromatic heterocycles. The van der Waals surface area contributed by atoms with E-state index in [0.717, 1.165) is 45.3 Å². The van der Waals surface area contributed by atoms with Gasteiger partial charge in [-0.3, -0.25) is 14.5 Å². The number of likely N-dealkylation sites (tertiary alicyclic amines) is 1. The molecule has 4 rings (SSSR count). The summed E-state index contributed by atoms with van der Waals surface area (Å²) in [6.07, 6.45) is 4.49. The van der Waals surface area contributed by atoms with E-state index in [9.17, 15) is 14.9 Å². The third-order valence-electron chi connectivity index (χ3n) is 6.38. The topological polar surface area (TPSA) is 88.5 Å². The molecule has 0 bridgehead atoms. The lowest BCUT2D eigenvalue weighted by molar-refractivity contribution is -0.136. The van der Waals surface area contributed by atoms with E-state index in [1.807, 2.05) is 6.07 Å². The summed E-state index contributed by atoms with van der Waals surface area (Å²) in [4.78, 5) is 29.6. The van der Waals surface area contributed by atoms with Crippen LogP contribution in [0.1, 0.15) is 42.0 Å². The first-order valence-corrected chi connectivity index (χ1v) is 11.2. The predicted octanol–water partition coefficient (Wildman–Crippen LogP) is 2.83. The maximum absolute atomic E-state index is 12.5. The molecule has 32 heavy (non-hydrogen) atoms. The molecule has 1 atom stereocenters. The van der Waals surface area contributed by atoms with Crippen LogP contribution in [0.3, 0.4) is 0 Å². The Hall–Kier alpha value is -3.37. The van der Waals surface area contributed by atoms with E-state index < -0.39 is 11.8 Å². The molecular formula is C25H29N5O2. The molecule has 2 aromatic carbocycles. The molecule has 0 radical (unpaired) electrons. The quantitative estimate of drug-likeness (QED) is 0.711. The fraction of sp³-hybridized carbons (Fsp3) is 0.400. The first-order chi connectivity index (χ1) is 15.6. The Labute approximate surface area is 189 Å². The minimum atomic E-state index is -0.764. The van der Waals surface area contributed by atoms with Crippen molar-refractivity contribution < 1.29 is 9.59 Å². The second-order valence-electron chi connectivity index (χ2n) is 8.49. The number of fused-ring (bicyclic) bond motifs is 1. The Balaban J connectivity index is 1.46. The molecule has 7 nitrogen and oxygen atoms in total. The number of hydrogen-bond donors (Lipinski definition) is 2. The van der Waals surface area contributed by atoms with Crippen LogP contribution in [0.4, 0.5) is 11.4 Å². The van der Waals surface area contributed by atoms with Gasteiger partial charge in [-0.1, -0.05) is 24.3 Å². The number of nitrogens with zero attached hydrogens (tertiary/aromatic N) is 3. The first kappa shape index (κ1) is 21.8. The maximum atomic E-state index is 12.5. The van der Waals surface area contributed by atoms with Crippen molar-refractivity contribution in [3.05, 3.63) is 59.2 Å². The van der Waals surface area contributed by atoms with Crippen LogP contribution in [0.15, 0.2) is 42.5 Å². The van der Waals surface area contributed by atoms with Crippen LogP contribution in [-0.2, 0) is 16.0 Å². The molecule has 2 aliphatic heterocycles. The Kier molecular flexibility index (Phi) is 6.72. The van der Waals surface area contributed by atoms with Crippen LogP contribution < -0.4 is 15.5 Å². The molecule has 0 saturated carbocycles. The van der Waals surface area contributed by atoms with Crippen molar-refractivity contribution in [2.24, 2.45) is 0 Å². The van der Waals surface area contributed by atoms with Crippen molar-refractivity contribution in [3.63, 3.8) is 0 Å². The molecule has 0 aliphatic carbocycles. The highest BCUT2D eigenvalue weighted by molar-refractivity contribution is 6.39. The number of anilines is 2. The average Bonchev–Trinajstić information content (AvgIpc) is 3.34. The zero-order valence-electron chi connectivity index (χ0n) is 18.4. The van der Waals surface area contributed by atoms with Gasteiger partial charge in [0, 0.05) is 25.8 Å². The molecular weight excluding hydrogens is 402 g/mol. The van der Waals surface area contributed by atoms with E-state index in [1.54, 1.807) is 24.3 Å². The summed E-state index contributed by atoms with van der Waals surface area (Å²) >= 11 is 0. The van der Waals surface area contributed by atoms with Gasteiger partial charge in [0.25, 0.3) is 0 Å². The Morgan fingerprint density at radius 1 is 1.06 bits per heavy atom. The zero-order valence-corrected chi connectivity index (χ0v) is 18.4. The second-order valence-corrected chi connectivity index (χ2v) is 8.49. The number of aryl methyl sites for hydroxylation is 1. The molecule has 7 heteroatoms. The number of nitriles is 1. The summed E-state index contributed by atoms with van der Waals surface area (Å²) in [5.74, 6) is -1.46. The van der Waals surface area contributed by atoms with Crippen molar-refractivity contribution in [2.45, 2.75) is 31.7 Å². The number of rotatable bonds is 5. The number of para-hydroxylation sites is 1. The Morgan fingerprint density at radius 2 is 1.84 bits per heavy atom. The second kappa shape index (κ2) is 9.84. The summed E-state index contributed by atoms with van der Waals surface area (Å²) < 4.78 is 0. The summed E-state index contributed by atoms with van der Waals surface area (Å²) in [7, 11) is 2.12. The van der Waals surface area contributed by atoms with Crippen LogP contribution in [0.2, 0.25) is 0 Å². The van der Waals surface area contributed by atoms with Gasteiger partial charge >= 0.3 is 11.8 Å². The minimum Gasteiger partial charge on any atom is -0.374 e. The highest BCUT2D eigenvalue weighted by Crippen LogP contribution is 2.31. The maximum Gasteiger partial charge on any atom is 0.313 e. The van der Waals surface area contributed by atoms with Gasteiger partial charge in [0.15, 0.2) is 0 Å². The van der Waals surface area contributed by atoms with Crippen molar-refractivity contribution >= 4 is 23.2 Å². The number of amides is 2. The van der Waals surface area contributed by atoms with Crippen LogP contribution >= 0.6 is 0 Å². The van der Waals surface area contributed by atoms with Gasteiger partial charge in [0.05, 0.1) is 17.3 Å². The van der Waals surface area contributed by atoms with Gasteiger partial charge in [-0.2, -0.15) is 5.26 Å². The number of hydrogen-bond acceptors (Lipinski definition) is 5. The van der Waals surface area contributed by atoms with Gasteiger partial charge in [0.2, 0.25) is 0 Å². The third-order valence-corrected chi connectivity index (χ3v) is 6.38. The van der Waals surface area contributed by atoms with E-state index in [1.165, 1.54) is 16.8 Å². The fourth-order valence-electron chi connectivity index (χ4n) is 4.66. The lowest BCUT2D eigenvalue weighted by Crippen LogP contribution is -2.41. The van der Waals surface area contributed by atoms with E-state index in [0.29, 0.717) is 17.8 Å². The van der Waals surface area contributed by atoms with Gasteiger partial charge in [0.1, 0.15) is 6.07 Å². The molecule has 2 amide bonds. The molecule has 2 aromatic rings. The highest BCUT2D eigenvalue weighted by Gasteiger charge is 2.26. The average molecular weight is 432 g/mol. The van der Waals surface area contributed by atoms with Crippen LogP contribution in [0, 0.1) is 11.3 Å². The number of carbonyl (C=O) groups is 2. The molecule has 1 fully saturated rings. The van der Waals surface area contributed by atoms with Crippen molar-refractivity contribution in [3.8, 4) is 6.07 Å². The van der Waals surface area contributed by atoms with Crippen LogP contribution in [0.25, 0.3) is 0 Å². The molecule has 2 aliphatic rings. The van der Waals surface area contributed by atoms with E-state index in [4.69, 9.17) is 0 Å². The van der Waals surface area contributed by atoms with Gasteiger partial charge in [-0.25, -0.2) is 0 Å². The van der Waals surface area contributed by atoms with Crippen molar-refractivity contribution in [1.29, 1.82) is 5.26 Å². The van der Waals surface area contributed by atoms with Crippen molar-refractivity contribution in [1.82, 2.24) is 10.2 Å². The third kappa shape index (κ3) is 4.76. The monoisotopic (exact) mass is 431 g/mol. The SMILES string of the molecule is CN1CCCc2cc([C@@H](CNC(=O)C(=O)Nc3ccccc3C#N)N3CCCC3)ccc21. The van der Waals surface area contributed by atoms with Gasteiger partial charge < -0.3 is 15.5 Å². The first-order valence-electron chi connectivity index (χ1n) is 11.2. The van der Waals surface area contributed by atoms with E-state index in [-0.39, 0.29) is 6.04 Å². The molecule has 0 spiro atoms. The smallest absolute Gasteiger partial charge is 0.313 e. The predicted molar refractivity (Wildman–Crippen MR) is 124 cm³/mol. The molecule has 2 N–H and O–H groups in total. The lowest BCUT2D eigenvalue weighted by atomic mass is 9.96. The molecule has 0 unspecified atom stereocenters. The van der Waals surface area contributed by atoms with E-state index >= 15 is 0 Å². The van der Waals surface area contributed by atoms with E-state index in [2.05, 4.69) is 45.7 Å².